The summed E-state index contributed by atoms with van der Waals surface area (Å²) in [5, 5.41) is 6.81. The largest absolute Gasteiger partial charge is 0.493 e. The lowest BCUT2D eigenvalue weighted by molar-refractivity contribution is -0.137. The van der Waals surface area contributed by atoms with E-state index in [1.807, 2.05) is 0 Å². The van der Waals surface area contributed by atoms with Crippen molar-refractivity contribution in [3.05, 3.63) is 94.5 Å². The number of rotatable bonds is 11. The van der Waals surface area contributed by atoms with Gasteiger partial charge in [0.05, 0.1) is 30.5 Å². The van der Waals surface area contributed by atoms with Crippen molar-refractivity contribution in [3.8, 4) is 28.7 Å². The molecule has 0 unspecified atom stereocenters. The van der Waals surface area contributed by atoms with Crippen molar-refractivity contribution in [2.75, 3.05) is 38.7 Å². The number of ether oxygens (including phenoxy) is 3. The van der Waals surface area contributed by atoms with Gasteiger partial charge in [0.1, 0.15) is 5.75 Å². The number of para-hydroxylation sites is 1. The van der Waals surface area contributed by atoms with Crippen LogP contribution in [0.4, 0.5) is 23.2 Å². The Kier molecular flexibility index (Phi) is 10.0. The fraction of sp³-hybridized carbons (Fsp3) is 0.314. The number of methoxy groups -OCH3 is 1. The number of alkyl halides is 3. The molecule has 0 spiro atoms. The molecule has 2 aromatic heterocycles. The second kappa shape index (κ2) is 14.6. The molecule has 5 aromatic rings. The van der Waals surface area contributed by atoms with E-state index in [1.54, 1.807) is 18.2 Å². The molecule has 3 aromatic carbocycles. The Bertz CT molecular complexity index is 2070. The maximum Gasteiger partial charge on any atom is 0.418 e. The Labute approximate surface area is 284 Å². The highest BCUT2D eigenvalue weighted by atomic mass is 19.4. The number of pyridine rings is 1. The van der Waals surface area contributed by atoms with E-state index in [-0.39, 0.29) is 11.4 Å². The van der Waals surface area contributed by atoms with Gasteiger partial charge in [0.15, 0.2) is 23.1 Å². The van der Waals surface area contributed by atoms with Crippen molar-refractivity contribution in [3.63, 3.8) is 0 Å². The molecule has 1 N–H and O–H groups in total. The molecule has 0 radical (unpaired) electrons. The SMILES string of the molecule is COc1cc2c(Oc3ccc(NC(=O)c4nn(-c5ccccc5C(F)(F)F)c(=O)n4C)cc3F)ccnc2cc1OCCCN1CCCCC1. The van der Waals surface area contributed by atoms with Crippen LogP contribution >= 0.6 is 0 Å². The second-order valence-electron chi connectivity index (χ2n) is 11.7. The summed E-state index contributed by atoms with van der Waals surface area (Å²) >= 11 is 0. The van der Waals surface area contributed by atoms with Crippen LogP contribution in [0, 0.1) is 5.82 Å². The first-order valence-corrected chi connectivity index (χ1v) is 16.0. The van der Waals surface area contributed by atoms with E-state index in [2.05, 4.69) is 20.3 Å². The number of amides is 1. The van der Waals surface area contributed by atoms with Crippen LogP contribution in [0.25, 0.3) is 16.6 Å². The Morgan fingerprint density at radius 1 is 0.960 bits per heavy atom. The molecular weight excluding hydrogens is 660 g/mol. The number of piperidine rings is 1. The van der Waals surface area contributed by atoms with E-state index in [0.717, 1.165) is 48.8 Å². The lowest BCUT2D eigenvalue weighted by Gasteiger charge is -2.26. The van der Waals surface area contributed by atoms with Crippen molar-refractivity contribution in [2.45, 2.75) is 31.9 Å². The summed E-state index contributed by atoms with van der Waals surface area (Å²) in [6, 6.07) is 13.0. The molecule has 1 amide bonds. The number of aromatic nitrogens is 4. The highest BCUT2D eigenvalue weighted by Gasteiger charge is 2.35. The summed E-state index contributed by atoms with van der Waals surface area (Å²) in [4.78, 5) is 32.7. The van der Waals surface area contributed by atoms with E-state index in [0.29, 0.717) is 39.4 Å². The standard InChI is InChI=1S/C35H34F4N6O5/c1-43-32(42-45(34(43)47)27-10-5-4-9-24(27)35(37,38)39)33(46)41-22-11-12-29(25(36)19-22)50-28-13-14-40-26-21-31(30(48-2)20-23(26)28)49-18-8-17-44-15-6-3-7-16-44/h4-5,9-14,19-21H,3,6-8,15-18H2,1-2H3,(H,41,46). The Hall–Kier alpha value is -5.44. The third-order valence-corrected chi connectivity index (χ3v) is 8.34. The molecule has 1 fully saturated rings. The van der Waals surface area contributed by atoms with Gasteiger partial charge in [0.25, 0.3) is 5.91 Å². The third-order valence-electron chi connectivity index (χ3n) is 8.34. The van der Waals surface area contributed by atoms with Crippen LogP contribution in [0.2, 0.25) is 0 Å². The molecule has 50 heavy (non-hydrogen) atoms. The van der Waals surface area contributed by atoms with Crippen molar-refractivity contribution in [1.82, 2.24) is 24.2 Å². The number of nitrogens with one attached hydrogen (secondary N) is 1. The van der Waals surface area contributed by atoms with Gasteiger partial charge in [-0.2, -0.15) is 17.9 Å². The lowest BCUT2D eigenvalue weighted by atomic mass is 10.1. The van der Waals surface area contributed by atoms with Crippen LogP contribution in [0.5, 0.6) is 23.0 Å². The first kappa shape index (κ1) is 34.4. The molecule has 0 saturated carbocycles. The molecule has 11 nitrogen and oxygen atoms in total. The monoisotopic (exact) mass is 694 g/mol. The molecule has 1 aliphatic rings. The van der Waals surface area contributed by atoms with Gasteiger partial charge in [-0.05, 0) is 68.8 Å². The minimum absolute atomic E-state index is 0.0131. The number of hydrogen-bond acceptors (Lipinski definition) is 8. The number of likely N-dealkylation sites (tertiary alicyclic amines) is 1. The maximum absolute atomic E-state index is 15.3. The topological polar surface area (TPSA) is 113 Å². The minimum atomic E-state index is -4.77. The second-order valence-corrected chi connectivity index (χ2v) is 11.7. The molecule has 262 valence electrons. The number of anilines is 1. The first-order chi connectivity index (χ1) is 24.0. The van der Waals surface area contributed by atoms with Crippen LogP contribution in [0.15, 0.2) is 71.7 Å². The number of halogens is 4. The molecule has 3 heterocycles. The van der Waals surface area contributed by atoms with Gasteiger partial charge < -0.3 is 24.4 Å². The summed E-state index contributed by atoms with van der Waals surface area (Å²) in [6.07, 6.45) is 1.36. The van der Waals surface area contributed by atoms with Crippen molar-refractivity contribution in [2.24, 2.45) is 7.05 Å². The smallest absolute Gasteiger partial charge is 0.418 e. The van der Waals surface area contributed by atoms with E-state index < -0.39 is 40.7 Å². The molecule has 0 aliphatic carbocycles. The Morgan fingerprint density at radius 2 is 1.74 bits per heavy atom. The summed E-state index contributed by atoms with van der Waals surface area (Å²) < 4.78 is 74.8. The van der Waals surface area contributed by atoms with Crippen LogP contribution in [0.3, 0.4) is 0 Å². The molecule has 0 atom stereocenters. The van der Waals surface area contributed by atoms with Gasteiger partial charge >= 0.3 is 11.9 Å². The average molecular weight is 695 g/mol. The van der Waals surface area contributed by atoms with Gasteiger partial charge in [-0.15, -0.1) is 5.10 Å². The predicted octanol–water partition coefficient (Wildman–Crippen LogP) is 6.59. The predicted molar refractivity (Wildman–Crippen MR) is 177 cm³/mol. The molecule has 1 aliphatic heterocycles. The third kappa shape index (κ3) is 7.42. The number of carbonyl (C=O) groups is 1. The normalized spacial score (nSPS) is 13.7. The zero-order valence-corrected chi connectivity index (χ0v) is 27.3. The molecule has 6 rings (SSSR count). The first-order valence-electron chi connectivity index (χ1n) is 16.0. The number of hydrogen-bond donors (Lipinski definition) is 1. The summed E-state index contributed by atoms with van der Waals surface area (Å²) in [5.74, 6) is -1.14. The molecular formula is C35H34F4N6O5. The summed E-state index contributed by atoms with van der Waals surface area (Å²) in [7, 11) is 2.71. The van der Waals surface area contributed by atoms with Gasteiger partial charge in [-0.1, -0.05) is 18.6 Å². The van der Waals surface area contributed by atoms with Gasteiger partial charge in [0, 0.05) is 43.0 Å². The van der Waals surface area contributed by atoms with E-state index in [9.17, 15) is 22.8 Å². The van der Waals surface area contributed by atoms with E-state index >= 15 is 4.39 Å². The van der Waals surface area contributed by atoms with Gasteiger partial charge in [-0.3, -0.25) is 14.3 Å². The number of carbonyl (C=O) groups excluding carboxylic acids is 1. The van der Waals surface area contributed by atoms with Crippen molar-refractivity contribution >= 4 is 22.5 Å². The highest BCUT2D eigenvalue weighted by Crippen LogP contribution is 2.38. The number of fused-ring (bicyclic) bond motifs is 1. The average Bonchev–Trinajstić information content (AvgIpc) is 3.41. The number of benzene rings is 3. The van der Waals surface area contributed by atoms with Crippen molar-refractivity contribution < 1.29 is 36.6 Å². The quantitative estimate of drug-likeness (QED) is 0.122. The van der Waals surface area contributed by atoms with Crippen LogP contribution in [0.1, 0.15) is 41.9 Å². The fourth-order valence-electron chi connectivity index (χ4n) is 5.80. The summed E-state index contributed by atoms with van der Waals surface area (Å²) in [5.41, 5.74) is -2.09. The minimum Gasteiger partial charge on any atom is -0.493 e. The van der Waals surface area contributed by atoms with Crippen LogP contribution < -0.4 is 25.2 Å². The molecule has 0 bridgehead atoms. The molecule has 1 saturated heterocycles. The van der Waals surface area contributed by atoms with Crippen LogP contribution in [-0.2, 0) is 13.2 Å². The van der Waals surface area contributed by atoms with Gasteiger partial charge in [-0.25, -0.2) is 9.18 Å². The van der Waals surface area contributed by atoms with E-state index in [4.69, 9.17) is 14.2 Å². The van der Waals surface area contributed by atoms with E-state index in [1.165, 1.54) is 63.9 Å². The lowest BCUT2D eigenvalue weighted by Crippen LogP contribution is -2.31. The Morgan fingerprint density at radius 3 is 2.48 bits per heavy atom. The Balaban J connectivity index is 1.16. The maximum atomic E-state index is 15.3. The zero-order chi connectivity index (χ0) is 35.4. The fourth-order valence-corrected chi connectivity index (χ4v) is 5.80. The molecule has 15 heteroatoms. The highest BCUT2D eigenvalue weighted by molar-refractivity contribution is 6.01. The summed E-state index contributed by atoms with van der Waals surface area (Å²) in [6.45, 7) is 3.70. The van der Waals surface area contributed by atoms with Crippen molar-refractivity contribution in [1.29, 1.82) is 0 Å². The zero-order valence-electron chi connectivity index (χ0n) is 27.3. The number of nitrogens with zero attached hydrogens (tertiary/aromatic N) is 5. The van der Waals surface area contributed by atoms with Crippen LogP contribution in [-0.4, -0.2) is 63.5 Å². The van der Waals surface area contributed by atoms with Gasteiger partial charge in [0.2, 0.25) is 5.82 Å².